The fraction of sp³-hybridized carbons (Fsp3) is 0.636. The predicted octanol–water partition coefficient (Wildman–Crippen LogP) is 1.71. The zero-order chi connectivity index (χ0) is 10.4. The van der Waals surface area contributed by atoms with Gasteiger partial charge in [0.05, 0.1) is 12.8 Å². The monoisotopic (exact) mass is 196 g/mol. The maximum Gasteiger partial charge on any atom is 0.117 e. The standard InChI is InChI=1S/C11H20N2O/c1-4-10(8-12-2)13(3)9-11-6-5-7-14-11/h5-7,10,12H,4,8-9H2,1-3H3. The topological polar surface area (TPSA) is 28.4 Å². The minimum Gasteiger partial charge on any atom is -0.468 e. The number of nitrogens with zero attached hydrogens (tertiary/aromatic N) is 1. The minimum atomic E-state index is 0.574. The van der Waals surface area contributed by atoms with E-state index in [4.69, 9.17) is 4.42 Å². The summed E-state index contributed by atoms with van der Waals surface area (Å²) in [7, 11) is 4.12. The lowest BCUT2D eigenvalue weighted by Crippen LogP contribution is -2.38. The molecule has 80 valence electrons. The van der Waals surface area contributed by atoms with Gasteiger partial charge in [0, 0.05) is 12.6 Å². The molecule has 14 heavy (non-hydrogen) atoms. The average Bonchev–Trinajstić information content (AvgIpc) is 2.66. The SMILES string of the molecule is CCC(CNC)N(C)Cc1ccco1. The number of hydrogen-bond donors (Lipinski definition) is 1. The first-order valence-electron chi connectivity index (χ1n) is 5.15. The molecule has 0 aliphatic rings. The molecule has 0 saturated carbocycles. The van der Waals surface area contributed by atoms with Gasteiger partial charge in [-0.05, 0) is 32.6 Å². The van der Waals surface area contributed by atoms with Crippen molar-refractivity contribution in [2.45, 2.75) is 25.9 Å². The van der Waals surface area contributed by atoms with Crippen molar-refractivity contribution in [2.24, 2.45) is 0 Å². The number of rotatable bonds is 6. The van der Waals surface area contributed by atoms with Crippen molar-refractivity contribution >= 4 is 0 Å². The molecule has 1 unspecified atom stereocenters. The van der Waals surface area contributed by atoms with E-state index in [1.807, 2.05) is 19.2 Å². The third kappa shape index (κ3) is 3.16. The second kappa shape index (κ2) is 5.83. The van der Waals surface area contributed by atoms with Crippen LogP contribution in [0.4, 0.5) is 0 Å². The summed E-state index contributed by atoms with van der Waals surface area (Å²) in [5.41, 5.74) is 0. The lowest BCUT2D eigenvalue weighted by molar-refractivity contribution is 0.208. The highest BCUT2D eigenvalue weighted by Crippen LogP contribution is 2.08. The molecule has 0 saturated heterocycles. The summed E-state index contributed by atoms with van der Waals surface area (Å²) in [6, 6.07) is 4.52. The van der Waals surface area contributed by atoms with Gasteiger partial charge in [0.1, 0.15) is 5.76 Å². The Bertz CT molecular complexity index is 233. The Hall–Kier alpha value is -0.800. The Labute approximate surface area is 86.1 Å². The van der Waals surface area contributed by atoms with E-state index in [1.54, 1.807) is 6.26 Å². The van der Waals surface area contributed by atoms with Crippen molar-refractivity contribution in [1.82, 2.24) is 10.2 Å². The lowest BCUT2D eigenvalue weighted by atomic mass is 10.2. The average molecular weight is 196 g/mol. The van der Waals surface area contributed by atoms with Gasteiger partial charge in [-0.1, -0.05) is 6.92 Å². The second-order valence-corrected chi connectivity index (χ2v) is 3.61. The van der Waals surface area contributed by atoms with E-state index < -0.39 is 0 Å². The fourth-order valence-corrected chi connectivity index (χ4v) is 1.62. The smallest absolute Gasteiger partial charge is 0.117 e. The van der Waals surface area contributed by atoms with Crippen molar-refractivity contribution in [3.05, 3.63) is 24.2 Å². The minimum absolute atomic E-state index is 0.574. The van der Waals surface area contributed by atoms with Crippen LogP contribution < -0.4 is 5.32 Å². The first kappa shape index (κ1) is 11.3. The maximum atomic E-state index is 5.31. The van der Waals surface area contributed by atoms with Gasteiger partial charge in [-0.3, -0.25) is 4.90 Å². The summed E-state index contributed by atoms with van der Waals surface area (Å²) in [6.07, 6.45) is 2.88. The van der Waals surface area contributed by atoms with Gasteiger partial charge in [0.2, 0.25) is 0 Å². The van der Waals surface area contributed by atoms with Gasteiger partial charge < -0.3 is 9.73 Å². The Morgan fingerprint density at radius 1 is 1.57 bits per heavy atom. The van der Waals surface area contributed by atoms with Crippen LogP contribution >= 0.6 is 0 Å². The molecule has 1 heterocycles. The maximum absolute atomic E-state index is 5.31. The molecule has 1 aromatic rings. The number of furan rings is 1. The largest absolute Gasteiger partial charge is 0.468 e. The third-order valence-corrected chi connectivity index (χ3v) is 2.52. The van der Waals surface area contributed by atoms with Crippen LogP contribution in [0, 0.1) is 0 Å². The summed E-state index contributed by atoms with van der Waals surface area (Å²) in [6.45, 7) is 4.11. The molecule has 0 spiro atoms. The van der Waals surface area contributed by atoms with E-state index in [2.05, 4.69) is 24.2 Å². The molecule has 1 aromatic heterocycles. The zero-order valence-corrected chi connectivity index (χ0v) is 9.29. The van der Waals surface area contributed by atoms with Crippen molar-refractivity contribution in [3.63, 3.8) is 0 Å². The lowest BCUT2D eigenvalue weighted by Gasteiger charge is -2.25. The molecule has 0 amide bonds. The summed E-state index contributed by atoms with van der Waals surface area (Å²) >= 11 is 0. The first-order valence-corrected chi connectivity index (χ1v) is 5.15. The van der Waals surface area contributed by atoms with Gasteiger partial charge >= 0.3 is 0 Å². The van der Waals surface area contributed by atoms with E-state index in [9.17, 15) is 0 Å². The Kier molecular flexibility index (Phi) is 4.70. The molecule has 0 aliphatic carbocycles. The first-order chi connectivity index (χ1) is 6.77. The molecule has 3 heteroatoms. The summed E-state index contributed by atoms with van der Waals surface area (Å²) in [5.74, 6) is 1.03. The van der Waals surface area contributed by atoms with Gasteiger partial charge in [-0.15, -0.1) is 0 Å². The van der Waals surface area contributed by atoms with Gasteiger partial charge in [0.15, 0.2) is 0 Å². The molecule has 0 radical (unpaired) electrons. The molecule has 0 bridgehead atoms. The molecular formula is C11H20N2O. The summed E-state index contributed by atoms with van der Waals surface area (Å²) in [4.78, 5) is 2.31. The number of hydrogen-bond acceptors (Lipinski definition) is 3. The zero-order valence-electron chi connectivity index (χ0n) is 9.29. The highest BCUT2D eigenvalue weighted by molar-refractivity contribution is 4.98. The number of nitrogens with one attached hydrogen (secondary N) is 1. The Morgan fingerprint density at radius 2 is 2.36 bits per heavy atom. The fourth-order valence-electron chi connectivity index (χ4n) is 1.62. The normalized spacial score (nSPS) is 13.4. The van der Waals surface area contributed by atoms with Crippen LogP contribution in [0.5, 0.6) is 0 Å². The van der Waals surface area contributed by atoms with E-state index in [1.165, 1.54) is 0 Å². The molecule has 1 N–H and O–H groups in total. The van der Waals surface area contributed by atoms with E-state index in [0.717, 1.165) is 25.3 Å². The number of likely N-dealkylation sites (N-methyl/N-ethyl adjacent to an activating group) is 2. The molecular weight excluding hydrogens is 176 g/mol. The second-order valence-electron chi connectivity index (χ2n) is 3.61. The van der Waals surface area contributed by atoms with E-state index >= 15 is 0 Å². The molecule has 1 rings (SSSR count). The van der Waals surface area contributed by atoms with Crippen LogP contribution in [-0.2, 0) is 6.54 Å². The Morgan fingerprint density at radius 3 is 2.86 bits per heavy atom. The van der Waals surface area contributed by atoms with Gasteiger partial charge in [-0.2, -0.15) is 0 Å². The highest BCUT2D eigenvalue weighted by Gasteiger charge is 2.12. The van der Waals surface area contributed by atoms with Crippen LogP contribution in [0.2, 0.25) is 0 Å². The van der Waals surface area contributed by atoms with Crippen LogP contribution in [0.25, 0.3) is 0 Å². The van der Waals surface area contributed by atoms with Crippen LogP contribution in [0.1, 0.15) is 19.1 Å². The van der Waals surface area contributed by atoms with Crippen LogP contribution in [0.15, 0.2) is 22.8 Å². The van der Waals surface area contributed by atoms with Gasteiger partial charge in [-0.25, -0.2) is 0 Å². The highest BCUT2D eigenvalue weighted by atomic mass is 16.3. The Balaban J connectivity index is 2.43. The molecule has 1 atom stereocenters. The van der Waals surface area contributed by atoms with Crippen molar-refractivity contribution in [3.8, 4) is 0 Å². The molecule has 0 aromatic carbocycles. The molecule has 0 aliphatic heterocycles. The van der Waals surface area contributed by atoms with Crippen molar-refractivity contribution in [1.29, 1.82) is 0 Å². The quantitative estimate of drug-likeness (QED) is 0.751. The van der Waals surface area contributed by atoms with Crippen molar-refractivity contribution in [2.75, 3.05) is 20.6 Å². The summed E-state index contributed by atoms with van der Waals surface area (Å²) < 4.78 is 5.31. The van der Waals surface area contributed by atoms with Crippen molar-refractivity contribution < 1.29 is 4.42 Å². The predicted molar refractivity (Wildman–Crippen MR) is 58.2 cm³/mol. The third-order valence-electron chi connectivity index (χ3n) is 2.52. The van der Waals surface area contributed by atoms with E-state index in [-0.39, 0.29) is 0 Å². The molecule has 3 nitrogen and oxygen atoms in total. The van der Waals surface area contributed by atoms with Crippen LogP contribution in [-0.4, -0.2) is 31.6 Å². The van der Waals surface area contributed by atoms with Gasteiger partial charge in [0.25, 0.3) is 0 Å². The summed E-state index contributed by atoms with van der Waals surface area (Å²) in [5, 5.41) is 3.21. The van der Waals surface area contributed by atoms with Crippen LogP contribution in [0.3, 0.4) is 0 Å². The molecule has 0 fully saturated rings. The van der Waals surface area contributed by atoms with E-state index in [0.29, 0.717) is 6.04 Å².